The van der Waals surface area contributed by atoms with E-state index in [1.165, 1.54) is 17.8 Å². The van der Waals surface area contributed by atoms with Crippen LogP contribution >= 0.6 is 0 Å². The third kappa shape index (κ3) is 4.85. The number of carbonyl (C=O) groups is 1. The Labute approximate surface area is 147 Å². The van der Waals surface area contributed by atoms with Gasteiger partial charge in [0, 0.05) is 12.2 Å². The molecule has 2 aromatic carbocycles. The summed E-state index contributed by atoms with van der Waals surface area (Å²) in [6.45, 7) is 4.05. The first kappa shape index (κ1) is 18.1. The first-order chi connectivity index (χ1) is 12.0. The van der Waals surface area contributed by atoms with Gasteiger partial charge in [0.05, 0.1) is 5.69 Å². The number of aromatic hydroxyl groups is 1. The molecule has 5 nitrogen and oxygen atoms in total. The predicted octanol–water partition coefficient (Wildman–Crippen LogP) is 3.65. The number of benzene rings is 2. The molecule has 128 valence electrons. The van der Waals surface area contributed by atoms with E-state index in [2.05, 4.69) is 29.7 Å². The van der Waals surface area contributed by atoms with Crippen LogP contribution in [-0.4, -0.2) is 11.0 Å². The number of nitriles is 1. The van der Waals surface area contributed by atoms with E-state index in [1.54, 1.807) is 18.2 Å². The molecule has 0 saturated carbocycles. The van der Waals surface area contributed by atoms with Gasteiger partial charge in [-0.25, -0.2) is 0 Å². The SMILES string of the molecule is CCc1ccc(C(C)N/C=C(/C#N)C(=O)Nc2ccccc2O)cc1. The number of nitrogens with one attached hydrogen (secondary N) is 2. The normalized spacial score (nSPS) is 12.1. The van der Waals surface area contributed by atoms with Crippen molar-refractivity contribution in [3.8, 4) is 11.8 Å². The fourth-order valence-corrected chi connectivity index (χ4v) is 2.26. The number of para-hydroxylation sites is 2. The van der Waals surface area contributed by atoms with E-state index in [1.807, 2.05) is 25.1 Å². The second-order valence-corrected chi connectivity index (χ2v) is 5.62. The highest BCUT2D eigenvalue weighted by molar-refractivity contribution is 6.07. The number of rotatable bonds is 6. The zero-order chi connectivity index (χ0) is 18.2. The Bertz CT molecular complexity index is 804. The second-order valence-electron chi connectivity index (χ2n) is 5.62. The monoisotopic (exact) mass is 335 g/mol. The van der Waals surface area contributed by atoms with Crippen molar-refractivity contribution in [1.29, 1.82) is 5.26 Å². The third-order valence-electron chi connectivity index (χ3n) is 3.88. The van der Waals surface area contributed by atoms with Gasteiger partial charge in [-0.3, -0.25) is 4.79 Å². The molecule has 1 atom stereocenters. The van der Waals surface area contributed by atoms with Crippen molar-refractivity contribution < 1.29 is 9.90 Å². The van der Waals surface area contributed by atoms with Gasteiger partial charge < -0.3 is 15.7 Å². The van der Waals surface area contributed by atoms with Crippen LogP contribution in [0.4, 0.5) is 5.69 Å². The molecule has 1 unspecified atom stereocenters. The summed E-state index contributed by atoms with van der Waals surface area (Å²) in [7, 11) is 0. The number of hydrogen-bond donors (Lipinski definition) is 3. The highest BCUT2D eigenvalue weighted by Gasteiger charge is 2.12. The van der Waals surface area contributed by atoms with Crippen molar-refractivity contribution in [2.24, 2.45) is 0 Å². The summed E-state index contributed by atoms with van der Waals surface area (Å²) in [4.78, 5) is 12.2. The van der Waals surface area contributed by atoms with Crippen LogP contribution < -0.4 is 10.6 Å². The molecule has 1 amide bonds. The molecule has 0 aromatic heterocycles. The smallest absolute Gasteiger partial charge is 0.267 e. The molecule has 5 heteroatoms. The molecule has 2 aromatic rings. The van der Waals surface area contributed by atoms with Gasteiger partial charge >= 0.3 is 0 Å². The second kappa shape index (κ2) is 8.55. The molecule has 0 aliphatic heterocycles. The molecule has 0 spiro atoms. The van der Waals surface area contributed by atoms with E-state index in [0.717, 1.165) is 12.0 Å². The Hall–Kier alpha value is -3.26. The lowest BCUT2D eigenvalue weighted by molar-refractivity contribution is -0.112. The van der Waals surface area contributed by atoms with Gasteiger partial charge in [0.2, 0.25) is 0 Å². The van der Waals surface area contributed by atoms with Crippen LogP contribution in [0.1, 0.15) is 31.0 Å². The Morgan fingerprint density at radius 1 is 1.24 bits per heavy atom. The number of hydrogen-bond acceptors (Lipinski definition) is 4. The molecule has 25 heavy (non-hydrogen) atoms. The quantitative estimate of drug-likeness (QED) is 0.427. The Kier molecular flexibility index (Phi) is 6.19. The van der Waals surface area contributed by atoms with Gasteiger partial charge in [-0.2, -0.15) is 5.26 Å². The Morgan fingerprint density at radius 2 is 1.92 bits per heavy atom. The van der Waals surface area contributed by atoms with Crippen LogP contribution in [0.15, 0.2) is 60.3 Å². The van der Waals surface area contributed by atoms with Gasteiger partial charge in [0.1, 0.15) is 17.4 Å². The number of amides is 1. The highest BCUT2D eigenvalue weighted by atomic mass is 16.3. The Morgan fingerprint density at radius 3 is 2.52 bits per heavy atom. The maximum Gasteiger partial charge on any atom is 0.267 e. The maximum absolute atomic E-state index is 12.2. The summed E-state index contributed by atoms with van der Waals surface area (Å²) in [5, 5.41) is 24.5. The summed E-state index contributed by atoms with van der Waals surface area (Å²) in [5.41, 5.74) is 2.51. The molecule has 0 radical (unpaired) electrons. The molecule has 0 bridgehead atoms. The number of phenols is 1. The fraction of sp³-hybridized carbons (Fsp3) is 0.200. The zero-order valence-corrected chi connectivity index (χ0v) is 14.3. The van der Waals surface area contributed by atoms with Crippen molar-refractivity contribution in [2.75, 3.05) is 5.32 Å². The van der Waals surface area contributed by atoms with E-state index >= 15 is 0 Å². The van der Waals surface area contributed by atoms with Gasteiger partial charge in [-0.1, -0.05) is 43.3 Å². The van der Waals surface area contributed by atoms with Crippen LogP contribution in [-0.2, 0) is 11.2 Å². The molecule has 3 N–H and O–H groups in total. The first-order valence-electron chi connectivity index (χ1n) is 8.09. The van der Waals surface area contributed by atoms with Crippen LogP contribution in [0.5, 0.6) is 5.75 Å². The number of phenolic OH excluding ortho intramolecular Hbond substituents is 1. The van der Waals surface area contributed by atoms with E-state index < -0.39 is 5.91 Å². The van der Waals surface area contributed by atoms with Crippen molar-refractivity contribution in [2.45, 2.75) is 26.3 Å². The molecule has 0 saturated heterocycles. The zero-order valence-electron chi connectivity index (χ0n) is 14.3. The molecular formula is C20H21N3O2. The van der Waals surface area contributed by atoms with Crippen molar-refractivity contribution in [3.05, 3.63) is 71.4 Å². The Balaban J connectivity index is 2.04. The minimum atomic E-state index is -0.579. The summed E-state index contributed by atoms with van der Waals surface area (Å²) >= 11 is 0. The average molecular weight is 335 g/mol. The van der Waals surface area contributed by atoms with E-state index in [0.29, 0.717) is 0 Å². The minimum Gasteiger partial charge on any atom is -0.506 e. The molecule has 0 fully saturated rings. The van der Waals surface area contributed by atoms with Crippen molar-refractivity contribution in [3.63, 3.8) is 0 Å². The lowest BCUT2D eigenvalue weighted by atomic mass is 10.1. The van der Waals surface area contributed by atoms with Crippen LogP contribution in [0.25, 0.3) is 0 Å². The summed E-state index contributed by atoms with van der Waals surface area (Å²) in [6.07, 6.45) is 2.38. The standard InChI is InChI=1S/C20H21N3O2/c1-3-15-8-10-16(11-9-15)14(2)22-13-17(12-21)20(25)23-18-6-4-5-7-19(18)24/h4-11,13-14,22,24H,3H2,1-2H3,(H,23,25)/b17-13-. The van der Waals surface area contributed by atoms with Gasteiger partial charge in [-0.05, 0) is 36.6 Å². The number of nitrogens with zero attached hydrogens (tertiary/aromatic N) is 1. The summed E-state index contributed by atoms with van der Waals surface area (Å²) in [6, 6.07) is 16.4. The molecule has 2 rings (SSSR count). The van der Waals surface area contributed by atoms with Gasteiger partial charge in [0.25, 0.3) is 5.91 Å². The third-order valence-corrected chi connectivity index (χ3v) is 3.88. The van der Waals surface area contributed by atoms with Crippen LogP contribution in [0.3, 0.4) is 0 Å². The summed E-state index contributed by atoms with van der Waals surface area (Å²) < 4.78 is 0. The maximum atomic E-state index is 12.2. The van der Waals surface area contributed by atoms with Gasteiger partial charge in [0.15, 0.2) is 0 Å². The number of carbonyl (C=O) groups excluding carboxylic acids is 1. The van der Waals surface area contributed by atoms with Gasteiger partial charge in [-0.15, -0.1) is 0 Å². The number of anilines is 1. The largest absolute Gasteiger partial charge is 0.506 e. The minimum absolute atomic E-state index is 0.0489. The van der Waals surface area contributed by atoms with Crippen molar-refractivity contribution >= 4 is 11.6 Å². The van der Waals surface area contributed by atoms with Crippen LogP contribution in [0, 0.1) is 11.3 Å². The summed E-state index contributed by atoms with van der Waals surface area (Å²) in [5.74, 6) is -0.629. The van der Waals surface area contributed by atoms with E-state index in [9.17, 15) is 15.2 Å². The average Bonchev–Trinajstić information content (AvgIpc) is 2.64. The highest BCUT2D eigenvalue weighted by Crippen LogP contribution is 2.22. The lowest BCUT2D eigenvalue weighted by Gasteiger charge is -2.13. The molecular weight excluding hydrogens is 314 g/mol. The fourth-order valence-electron chi connectivity index (χ4n) is 2.26. The number of aryl methyl sites for hydroxylation is 1. The lowest BCUT2D eigenvalue weighted by Crippen LogP contribution is -2.18. The van der Waals surface area contributed by atoms with E-state index in [4.69, 9.17) is 0 Å². The first-order valence-corrected chi connectivity index (χ1v) is 8.09. The predicted molar refractivity (Wildman–Crippen MR) is 97.8 cm³/mol. The van der Waals surface area contributed by atoms with E-state index in [-0.39, 0.29) is 23.1 Å². The molecule has 0 aliphatic carbocycles. The van der Waals surface area contributed by atoms with Crippen LogP contribution in [0.2, 0.25) is 0 Å². The topological polar surface area (TPSA) is 85.2 Å². The molecule has 0 heterocycles. The van der Waals surface area contributed by atoms with Crippen molar-refractivity contribution in [1.82, 2.24) is 5.32 Å². The molecule has 0 aliphatic rings.